The predicted octanol–water partition coefficient (Wildman–Crippen LogP) is 2.71. The van der Waals surface area contributed by atoms with Gasteiger partial charge >= 0.3 is 0 Å². The van der Waals surface area contributed by atoms with E-state index < -0.39 is 0 Å². The number of carbonyl (C=O) groups excluding carboxylic acids is 1. The fourth-order valence-electron chi connectivity index (χ4n) is 1.59. The van der Waals surface area contributed by atoms with Crippen LogP contribution in [0.2, 0.25) is 0 Å². The number of aromatic nitrogens is 1. The number of ether oxygens (including phenoxy) is 1. The molecule has 4 heteroatoms. The molecule has 0 spiro atoms. The number of thiazole rings is 1. The van der Waals surface area contributed by atoms with E-state index >= 15 is 0 Å². The molecule has 0 bridgehead atoms. The van der Waals surface area contributed by atoms with Crippen molar-refractivity contribution >= 4 is 17.1 Å². The molecule has 16 heavy (non-hydrogen) atoms. The van der Waals surface area contributed by atoms with Gasteiger partial charge in [-0.1, -0.05) is 20.8 Å². The van der Waals surface area contributed by atoms with Gasteiger partial charge in [-0.15, -0.1) is 11.3 Å². The minimum Gasteiger partial charge on any atom is -0.370 e. The van der Waals surface area contributed by atoms with Crippen LogP contribution in [0.15, 0.2) is 11.7 Å². The van der Waals surface area contributed by atoms with Crippen molar-refractivity contribution in [1.82, 2.24) is 4.98 Å². The lowest BCUT2D eigenvalue weighted by Gasteiger charge is -2.28. The van der Waals surface area contributed by atoms with E-state index in [1.807, 2.05) is 27.7 Å². The van der Waals surface area contributed by atoms with Gasteiger partial charge in [0.2, 0.25) is 0 Å². The van der Waals surface area contributed by atoms with Crippen LogP contribution in [0.4, 0.5) is 0 Å². The normalized spacial score (nSPS) is 13.8. The van der Waals surface area contributed by atoms with E-state index in [0.717, 1.165) is 4.88 Å². The van der Waals surface area contributed by atoms with E-state index in [4.69, 9.17) is 4.74 Å². The van der Waals surface area contributed by atoms with Crippen molar-refractivity contribution < 1.29 is 9.53 Å². The molecule has 0 aliphatic rings. The molecule has 0 aliphatic heterocycles. The van der Waals surface area contributed by atoms with Crippen molar-refractivity contribution in [3.05, 3.63) is 16.6 Å². The molecule has 0 radical (unpaired) electrons. The first kappa shape index (κ1) is 13.3. The Hall–Kier alpha value is -0.740. The van der Waals surface area contributed by atoms with Crippen molar-refractivity contribution in [2.75, 3.05) is 6.61 Å². The summed E-state index contributed by atoms with van der Waals surface area (Å²) in [7, 11) is 0. The average molecular weight is 241 g/mol. The van der Waals surface area contributed by atoms with E-state index in [1.165, 1.54) is 11.3 Å². The largest absolute Gasteiger partial charge is 0.370 e. The summed E-state index contributed by atoms with van der Waals surface area (Å²) < 4.78 is 5.55. The monoisotopic (exact) mass is 241 g/mol. The Morgan fingerprint density at radius 3 is 2.69 bits per heavy atom. The smallest absolute Gasteiger partial charge is 0.167 e. The molecule has 0 fully saturated rings. The van der Waals surface area contributed by atoms with Gasteiger partial charge in [0, 0.05) is 24.1 Å². The Kier molecular flexibility index (Phi) is 4.62. The van der Waals surface area contributed by atoms with E-state index in [2.05, 4.69) is 4.98 Å². The second kappa shape index (κ2) is 5.55. The number of nitrogens with zero attached hydrogens (tertiary/aromatic N) is 1. The Balaban J connectivity index is 2.68. The van der Waals surface area contributed by atoms with Gasteiger partial charge in [0.15, 0.2) is 5.78 Å². The molecule has 0 saturated carbocycles. The summed E-state index contributed by atoms with van der Waals surface area (Å²) in [6, 6.07) is 0. The zero-order chi connectivity index (χ0) is 12.2. The lowest BCUT2D eigenvalue weighted by atomic mass is 9.85. The van der Waals surface area contributed by atoms with Crippen LogP contribution in [0.3, 0.4) is 0 Å². The Morgan fingerprint density at radius 2 is 2.25 bits per heavy atom. The van der Waals surface area contributed by atoms with Crippen LogP contribution >= 0.6 is 11.3 Å². The van der Waals surface area contributed by atoms with Crippen molar-refractivity contribution in [2.24, 2.45) is 5.41 Å². The van der Waals surface area contributed by atoms with Crippen LogP contribution in [0.25, 0.3) is 0 Å². The zero-order valence-corrected chi connectivity index (χ0v) is 11.1. The molecule has 0 N–H and O–H groups in total. The molecule has 1 unspecified atom stereocenters. The molecule has 3 nitrogen and oxygen atoms in total. The highest BCUT2D eigenvalue weighted by Crippen LogP contribution is 2.24. The lowest BCUT2D eigenvalue weighted by molar-refractivity contribution is -0.136. The molecule has 0 aliphatic carbocycles. The topological polar surface area (TPSA) is 39.2 Å². The summed E-state index contributed by atoms with van der Waals surface area (Å²) in [5.74, 6) is 0.138. The van der Waals surface area contributed by atoms with E-state index in [1.54, 1.807) is 11.7 Å². The van der Waals surface area contributed by atoms with Crippen molar-refractivity contribution in [1.29, 1.82) is 0 Å². The van der Waals surface area contributed by atoms with Gasteiger partial charge in [-0.05, 0) is 12.3 Å². The zero-order valence-electron chi connectivity index (χ0n) is 10.3. The minimum atomic E-state index is -0.334. The molecular weight excluding hydrogens is 222 g/mol. The van der Waals surface area contributed by atoms with Gasteiger partial charge in [-0.2, -0.15) is 0 Å². The van der Waals surface area contributed by atoms with Crippen molar-refractivity contribution in [3.8, 4) is 0 Å². The molecule has 0 amide bonds. The van der Waals surface area contributed by atoms with Crippen LogP contribution in [-0.2, 0) is 16.0 Å². The minimum absolute atomic E-state index is 0.138. The lowest BCUT2D eigenvalue weighted by Crippen LogP contribution is -2.38. The summed E-state index contributed by atoms with van der Waals surface area (Å²) in [6.45, 7) is 8.56. The SMILES string of the molecule is CCOC(C(=O)Cc1cncs1)C(C)(C)C. The molecular formula is C12H19NO2S. The Labute approximate surface area is 101 Å². The third kappa shape index (κ3) is 3.68. The third-order valence-electron chi connectivity index (χ3n) is 2.24. The molecule has 1 aromatic rings. The van der Waals surface area contributed by atoms with Gasteiger partial charge in [0.1, 0.15) is 6.10 Å². The second-order valence-electron chi connectivity index (χ2n) is 4.81. The Morgan fingerprint density at radius 1 is 1.56 bits per heavy atom. The number of rotatable bonds is 5. The second-order valence-corrected chi connectivity index (χ2v) is 5.78. The molecule has 1 aromatic heterocycles. The number of hydrogen-bond acceptors (Lipinski definition) is 4. The maximum atomic E-state index is 12.1. The standard InChI is InChI=1S/C12H19NO2S/c1-5-15-11(12(2,3)4)10(14)6-9-7-13-8-16-9/h7-8,11H,5-6H2,1-4H3. The maximum Gasteiger partial charge on any atom is 0.167 e. The molecule has 0 saturated heterocycles. The molecule has 90 valence electrons. The summed E-state index contributed by atoms with van der Waals surface area (Å²) in [5, 5.41) is 0. The summed E-state index contributed by atoms with van der Waals surface area (Å²) in [6.07, 6.45) is 1.83. The van der Waals surface area contributed by atoms with Crippen LogP contribution in [0.5, 0.6) is 0 Å². The number of ketones is 1. The van der Waals surface area contributed by atoms with Gasteiger partial charge in [-0.25, -0.2) is 0 Å². The maximum absolute atomic E-state index is 12.1. The number of carbonyl (C=O) groups is 1. The molecule has 1 atom stereocenters. The fourth-order valence-corrected chi connectivity index (χ4v) is 2.19. The fraction of sp³-hybridized carbons (Fsp3) is 0.667. The third-order valence-corrected chi connectivity index (χ3v) is 3.02. The van der Waals surface area contributed by atoms with E-state index in [-0.39, 0.29) is 17.3 Å². The predicted molar refractivity (Wildman–Crippen MR) is 65.7 cm³/mol. The van der Waals surface area contributed by atoms with Crippen LogP contribution in [0.1, 0.15) is 32.6 Å². The first-order valence-electron chi connectivity index (χ1n) is 5.46. The highest BCUT2D eigenvalue weighted by Gasteiger charge is 2.31. The van der Waals surface area contributed by atoms with Crippen LogP contribution < -0.4 is 0 Å². The van der Waals surface area contributed by atoms with Gasteiger partial charge in [0.05, 0.1) is 5.51 Å². The highest BCUT2D eigenvalue weighted by molar-refractivity contribution is 7.09. The number of hydrogen-bond donors (Lipinski definition) is 0. The molecule has 0 aromatic carbocycles. The summed E-state index contributed by atoms with van der Waals surface area (Å²) in [5.41, 5.74) is 1.59. The van der Waals surface area contributed by atoms with Gasteiger partial charge in [0.25, 0.3) is 0 Å². The van der Waals surface area contributed by atoms with E-state index in [0.29, 0.717) is 13.0 Å². The molecule has 1 rings (SSSR count). The first-order valence-corrected chi connectivity index (χ1v) is 6.34. The van der Waals surface area contributed by atoms with Gasteiger partial charge < -0.3 is 4.74 Å². The van der Waals surface area contributed by atoms with E-state index in [9.17, 15) is 4.79 Å². The number of Topliss-reactive ketones (excluding diaryl/α,β-unsaturated/α-hetero) is 1. The summed E-state index contributed by atoms with van der Waals surface area (Å²) in [4.78, 5) is 17.1. The van der Waals surface area contributed by atoms with Crippen LogP contribution in [0, 0.1) is 5.41 Å². The summed E-state index contributed by atoms with van der Waals surface area (Å²) >= 11 is 1.51. The first-order chi connectivity index (χ1) is 7.45. The van der Waals surface area contributed by atoms with Crippen LogP contribution in [-0.4, -0.2) is 23.5 Å². The quantitative estimate of drug-likeness (QED) is 0.795. The average Bonchev–Trinajstić information content (AvgIpc) is 2.64. The molecule has 1 heterocycles. The van der Waals surface area contributed by atoms with Gasteiger partial charge in [-0.3, -0.25) is 9.78 Å². The van der Waals surface area contributed by atoms with Crippen molar-refractivity contribution in [3.63, 3.8) is 0 Å². The van der Waals surface area contributed by atoms with Crippen molar-refractivity contribution in [2.45, 2.75) is 40.2 Å². The highest BCUT2D eigenvalue weighted by atomic mass is 32.1. The Bertz CT molecular complexity index is 327.